The van der Waals surface area contributed by atoms with Crippen molar-refractivity contribution < 1.29 is 9.59 Å². The lowest BCUT2D eigenvalue weighted by Crippen LogP contribution is -2.39. The average Bonchev–Trinajstić information content (AvgIpc) is 2.62. The Kier molecular flexibility index (Phi) is 7.85. The van der Waals surface area contributed by atoms with E-state index in [4.69, 9.17) is 12.2 Å². The molecule has 1 saturated carbocycles. The highest BCUT2D eigenvalue weighted by atomic mass is 32.1. The number of thiocarbonyl (C=S) groups is 1. The van der Waals surface area contributed by atoms with Crippen molar-refractivity contribution in [2.45, 2.75) is 51.9 Å². The van der Waals surface area contributed by atoms with Crippen LogP contribution in [-0.2, 0) is 4.79 Å². The first-order valence-electron chi connectivity index (χ1n) is 9.10. The second-order valence-corrected chi connectivity index (χ2v) is 6.88. The van der Waals surface area contributed by atoms with Crippen LogP contribution in [0.3, 0.4) is 0 Å². The number of carbonyl (C=O) groups is 2. The molecule has 0 unspecified atom stereocenters. The molecule has 25 heavy (non-hydrogen) atoms. The van der Waals surface area contributed by atoms with Gasteiger partial charge in [-0.05, 0) is 49.7 Å². The van der Waals surface area contributed by atoms with Crippen LogP contribution in [0.25, 0.3) is 0 Å². The van der Waals surface area contributed by atoms with Crippen molar-refractivity contribution in [2.24, 2.45) is 5.92 Å². The maximum absolute atomic E-state index is 12.2. The Hall–Kier alpha value is -1.95. The van der Waals surface area contributed by atoms with Crippen molar-refractivity contribution in [3.63, 3.8) is 0 Å². The van der Waals surface area contributed by atoms with Crippen molar-refractivity contribution in [3.05, 3.63) is 29.8 Å². The Morgan fingerprint density at radius 2 is 1.96 bits per heavy atom. The Balaban J connectivity index is 1.86. The zero-order chi connectivity index (χ0) is 18.1. The summed E-state index contributed by atoms with van der Waals surface area (Å²) in [6, 6.07) is 7.11. The van der Waals surface area contributed by atoms with Gasteiger partial charge in [-0.15, -0.1) is 0 Å². The van der Waals surface area contributed by atoms with Gasteiger partial charge in [-0.25, -0.2) is 0 Å². The standard InChI is InChI=1S/C19H27N3O2S/c1-2-3-12-20-17(23)15-10-7-11-16(13-15)21-19(25)22-18(24)14-8-5-4-6-9-14/h7,10-11,13-14H,2-6,8-9,12H2,1H3,(H,20,23)(H2,21,22,24,25). The molecule has 0 aromatic heterocycles. The zero-order valence-electron chi connectivity index (χ0n) is 14.8. The molecule has 1 fully saturated rings. The molecule has 0 radical (unpaired) electrons. The third-order valence-corrected chi connectivity index (χ3v) is 4.62. The van der Waals surface area contributed by atoms with Crippen molar-refractivity contribution in [1.29, 1.82) is 0 Å². The number of unbranched alkanes of at least 4 members (excludes halogenated alkanes) is 1. The fourth-order valence-electron chi connectivity index (χ4n) is 2.96. The molecule has 1 aliphatic carbocycles. The van der Waals surface area contributed by atoms with Crippen molar-refractivity contribution in [3.8, 4) is 0 Å². The lowest BCUT2D eigenvalue weighted by molar-refractivity contribution is -0.124. The van der Waals surface area contributed by atoms with Gasteiger partial charge in [0, 0.05) is 23.7 Å². The second-order valence-electron chi connectivity index (χ2n) is 6.47. The third kappa shape index (κ3) is 6.46. The molecule has 5 nitrogen and oxygen atoms in total. The minimum absolute atomic E-state index is 0.00865. The Morgan fingerprint density at radius 3 is 2.68 bits per heavy atom. The molecule has 1 aromatic rings. The van der Waals surface area contributed by atoms with Gasteiger partial charge in [-0.3, -0.25) is 9.59 Å². The van der Waals surface area contributed by atoms with Crippen molar-refractivity contribution in [2.75, 3.05) is 11.9 Å². The van der Waals surface area contributed by atoms with Gasteiger partial charge in [-0.2, -0.15) is 0 Å². The predicted molar refractivity (Wildman–Crippen MR) is 105 cm³/mol. The van der Waals surface area contributed by atoms with E-state index in [2.05, 4.69) is 22.9 Å². The van der Waals surface area contributed by atoms with Gasteiger partial charge in [0.15, 0.2) is 5.11 Å². The first-order chi connectivity index (χ1) is 12.1. The van der Waals surface area contributed by atoms with E-state index in [1.165, 1.54) is 6.42 Å². The molecule has 2 amide bonds. The number of nitrogens with one attached hydrogen (secondary N) is 3. The van der Waals surface area contributed by atoms with Crippen molar-refractivity contribution >= 4 is 34.8 Å². The molecular formula is C19H27N3O2S. The molecule has 0 spiro atoms. The molecule has 0 aliphatic heterocycles. The van der Waals surface area contributed by atoms with E-state index in [-0.39, 0.29) is 22.8 Å². The molecule has 0 heterocycles. The highest BCUT2D eigenvalue weighted by Crippen LogP contribution is 2.23. The van der Waals surface area contributed by atoms with Crippen LogP contribution < -0.4 is 16.0 Å². The summed E-state index contributed by atoms with van der Waals surface area (Å²) in [5.41, 5.74) is 1.26. The summed E-state index contributed by atoms with van der Waals surface area (Å²) in [5, 5.41) is 8.93. The molecular weight excluding hydrogens is 334 g/mol. The predicted octanol–water partition coefficient (Wildman–Crippen LogP) is 3.61. The van der Waals surface area contributed by atoms with Gasteiger partial charge >= 0.3 is 0 Å². The van der Waals surface area contributed by atoms with E-state index < -0.39 is 0 Å². The number of rotatable bonds is 6. The van der Waals surface area contributed by atoms with Gasteiger partial charge in [-0.1, -0.05) is 38.7 Å². The molecule has 1 aliphatic rings. The van der Waals surface area contributed by atoms with Crippen LogP contribution in [-0.4, -0.2) is 23.5 Å². The molecule has 1 aromatic carbocycles. The van der Waals surface area contributed by atoms with Gasteiger partial charge in [0.25, 0.3) is 5.91 Å². The topological polar surface area (TPSA) is 70.2 Å². The lowest BCUT2D eigenvalue weighted by atomic mass is 9.89. The first kappa shape index (κ1) is 19.4. The quantitative estimate of drug-likeness (QED) is 0.535. The van der Waals surface area contributed by atoms with Gasteiger partial charge in [0.1, 0.15) is 0 Å². The van der Waals surface area contributed by atoms with Crippen LogP contribution in [0.2, 0.25) is 0 Å². The SMILES string of the molecule is CCCCNC(=O)c1cccc(NC(=S)NC(=O)C2CCCCC2)c1. The van der Waals surface area contributed by atoms with E-state index >= 15 is 0 Å². The Bertz CT molecular complexity index is 612. The van der Waals surface area contributed by atoms with E-state index in [1.54, 1.807) is 18.2 Å². The third-order valence-electron chi connectivity index (χ3n) is 4.41. The van der Waals surface area contributed by atoms with E-state index in [0.717, 1.165) is 38.5 Å². The van der Waals surface area contributed by atoms with Crippen LogP contribution in [0.4, 0.5) is 5.69 Å². The second kappa shape index (κ2) is 10.1. The van der Waals surface area contributed by atoms with Crippen LogP contribution in [0.5, 0.6) is 0 Å². The van der Waals surface area contributed by atoms with Crippen LogP contribution >= 0.6 is 12.2 Å². The summed E-state index contributed by atoms with van der Waals surface area (Å²) < 4.78 is 0. The molecule has 0 atom stereocenters. The molecule has 0 bridgehead atoms. The highest BCUT2D eigenvalue weighted by molar-refractivity contribution is 7.80. The normalized spacial score (nSPS) is 14.6. The number of anilines is 1. The van der Waals surface area contributed by atoms with Crippen LogP contribution in [0.15, 0.2) is 24.3 Å². The molecule has 6 heteroatoms. The number of hydrogen-bond acceptors (Lipinski definition) is 3. The summed E-state index contributed by atoms with van der Waals surface area (Å²) in [5.74, 6) is -0.0518. The number of amides is 2. The molecule has 0 saturated heterocycles. The Labute approximate surface area is 155 Å². The molecule has 2 rings (SSSR count). The van der Waals surface area contributed by atoms with Gasteiger partial charge < -0.3 is 16.0 Å². The minimum Gasteiger partial charge on any atom is -0.352 e. The monoisotopic (exact) mass is 361 g/mol. The largest absolute Gasteiger partial charge is 0.352 e. The Morgan fingerprint density at radius 1 is 1.20 bits per heavy atom. The highest BCUT2D eigenvalue weighted by Gasteiger charge is 2.21. The van der Waals surface area contributed by atoms with E-state index in [0.29, 0.717) is 17.8 Å². The maximum Gasteiger partial charge on any atom is 0.251 e. The number of hydrogen-bond donors (Lipinski definition) is 3. The smallest absolute Gasteiger partial charge is 0.251 e. The lowest BCUT2D eigenvalue weighted by Gasteiger charge is -2.21. The summed E-state index contributed by atoms with van der Waals surface area (Å²) in [4.78, 5) is 24.3. The van der Waals surface area contributed by atoms with E-state index in [9.17, 15) is 9.59 Å². The van der Waals surface area contributed by atoms with Crippen LogP contribution in [0.1, 0.15) is 62.2 Å². The summed E-state index contributed by atoms with van der Waals surface area (Å²) >= 11 is 5.23. The first-order valence-corrected chi connectivity index (χ1v) is 9.51. The number of carbonyl (C=O) groups excluding carboxylic acids is 2. The summed E-state index contributed by atoms with van der Waals surface area (Å²) in [6.07, 6.45) is 7.28. The molecule has 3 N–H and O–H groups in total. The van der Waals surface area contributed by atoms with Gasteiger partial charge in [0.2, 0.25) is 5.91 Å². The van der Waals surface area contributed by atoms with Gasteiger partial charge in [0.05, 0.1) is 0 Å². The fraction of sp³-hybridized carbons (Fsp3) is 0.526. The molecule has 136 valence electrons. The fourth-order valence-corrected chi connectivity index (χ4v) is 3.18. The van der Waals surface area contributed by atoms with Crippen LogP contribution in [0, 0.1) is 5.92 Å². The average molecular weight is 362 g/mol. The maximum atomic E-state index is 12.2. The summed E-state index contributed by atoms with van der Waals surface area (Å²) in [6.45, 7) is 2.75. The van der Waals surface area contributed by atoms with Crippen molar-refractivity contribution in [1.82, 2.24) is 10.6 Å². The zero-order valence-corrected chi connectivity index (χ0v) is 15.6. The van der Waals surface area contributed by atoms with E-state index in [1.807, 2.05) is 6.07 Å². The summed E-state index contributed by atoms with van der Waals surface area (Å²) in [7, 11) is 0. The number of benzene rings is 1. The minimum atomic E-state index is -0.103.